The van der Waals surface area contributed by atoms with E-state index in [1.807, 2.05) is 24.3 Å². The van der Waals surface area contributed by atoms with Crippen molar-refractivity contribution in [3.63, 3.8) is 0 Å². The van der Waals surface area contributed by atoms with E-state index in [0.717, 1.165) is 25.0 Å². The van der Waals surface area contributed by atoms with Crippen LogP contribution in [0.2, 0.25) is 0 Å². The average molecular weight is 237 g/mol. The van der Waals surface area contributed by atoms with Crippen LogP contribution in [-0.2, 0) is 16.0 Å². The molecule has 2 N–H and O–H groups in total. The monoisotopic (exact) mass is 237 g/mol. The summed E-state index contributed by atoms with van der Waals surface area (Å²) in [6.07, 6.45) is 1.93. The molecule has 4 heteroatoms. The van der Waals surface area contributed by atoms with Crippen LogP contribution < -0.4 is 5.32 Å². The first-order chi connectivity index (χ1) is 8.19. The van der Waals surface area contributed by atoms with Gasteiger partial charge in [0, 0.05) is 13.7 Å². The van der Waals surface area contributed by atoms with Gasteiger partial charge < -0.3 is 15.2 Å². The average Bonchev–Trinajstić information content (AvgIpc) is 2.32. The second-order valence-electron chi connectivity index (χ2n) is 3.90. The third-order valence-electron chi connectivity index (χ3n) is 2.66. The van der Waals surface area contributed by atoms with Gasteiger partial charge >= 0.3 is 5.97 Å². The Morgan fingerprint density at radius 3 is 2.53 bits per heavy atom. The van der Waals surface area contributed by atoms with E-state index in [9.17, 15) is 4.79 Å². The second kappa shape index (κ2) is 7.04. The number of methoxy groups -OCH3 is 1. The molecule has 17 heavy (non-hydrogen) atoms. The molecule has 1 unspecified atom stereocenters. The molecule has 1 atom stereocenters. The Morgan fingerprint density at radius 1 is 1.41 bits per heavy atom. The number of likely N-dealkylation sites (N-methyl/N-ethyl adjacent to an activating group) is 1. The van der Waals surface area contributed by atoms with Crippen molar-refractivity contribution in [2.45, 2.75) is 18.9 Å². The van der Waals surface area contributed by atoms with E-state index < -0.39 is 12.0 Å². The molecule has 0 aliphatic rings. The fourth-order valence-electron chi connectivity index (χ4n) is 1.73. The SMILES string of the molecule is CNC(C(=O)O)c1ccc(CCCOC)cc1. The lowest BCUT2D eigenvalue weighted by Crippen LogP contribution is -2.24. The maximum atomic E-state index is 10.9. The van der Waals surface area contributed by atoms with E-state index in [2.05, 4.69) is 5.32 Å². The highest BCUT2D eigenvalue weighted by atomic mass is 16.5. The summed E-state index contributed by atoms with van der Waals surface area (Å²) in [4.78, 5) is 10.9. The summed E-state index contributed by atoms with van der Waals surface area (Å²) >= 11 is 0. The van der Waals surface area contributed by atoms with Gasteiger partial charge in [0.1, 0.15) is 6.04 Å². The Balaban J connectivity index is 2.63. The second-order valence-corrected chi connectivity index (χ2v) is 3.90. The summed E-state index contributed by atoms with van der Waals surface area (Å²) in [7, 11) is 3.33. The van der Waals surface area contributed by atoms with Crippen molar-refractivity contribution >= 4 is 5.97 Å². The summed E-state index contributed by atoms with van der Waals surface area (Å²) in [5.74, 6) is -0.861. The predicted molar refractivity (Wildman–Crippen MR) is 66.1 cm³/mol. The van der Waals surface area contributed by atoms with Gasteiger partial charge in [-0.25, -0.2) is 0 Å². The lowest BCUT2D eigenvalue weighted by atomic mass is 10.0. The van der Waals surface area contributed by atoms with Gasteiger partial charge in [-0.3, -0.25) is 4.79 Å². The molecule has 0 aliphatic carbocycles. The number of hydrogen-bond donors (Lipinski definition) is 2. The highest BCUT2D eigenvalue weighted by molar-refractivity contribution is 5.75. The lowest BCUT2D eigenvalue weighted by molar-refractivity contribution is -0.139. The number of carbonyl (C=O) groups is 1. The Bertz CT molecular complexity index is 348. The molecule has 1 rings (SSSR count). The summed E-state index contributed by atoms with van der Waals surface area (Å²) in [5, 5.41) is 11.8. The van der Waals surface area contributed by atoms with Gasteiger partial charge in [-0.1, -0.05) is 24.3 Å². The third kappa shape index (κ3) is 4.17. The van der Waals surface area contributed by atoms with Crippen LogP contribution >= 0.6 is 0 Å². The van der Waals surface area contributed by atoms with Crippen LogP contribution in [-0.4, -0.2) is 31.8 Å². The van der Waals surface area contributed by atoms with E-state index in [4.69, 9.17) is 9.84 Å². The number of hydrogen-bond acceptors (Lipinski definition) is 3. The van der Waals surface area contributed by atoms with Gasteiger partial charge in [-0.05, 0) is 31.0 Å². The summed E-state index contributed by atoms with van der Waals surface area (Å²) in [5.41, 5.74) is 1.97. The van der Waals surface area contributed by atoms with E-state index in [0.29, 0.717) is 0 Å². The van der Waals surface area contributed by atoms with Crippen LogP contribution in [0, 0.1) is 0 Å². The minimum atomic E-state index is -0.861. The molecule has 0 saturated carbocycles. The number of nitrogens with one attached hydrogen (secondary N) is 1. The fraction of sp³-hybridized carbons (Fsp3) is 0.462. The molecule has 0 aromatic heterocycles. The van der Waals surface area contributed by atoms with Gasteiger partial charge in [0.2, 0.25) is 0 Å². The molecule has 4 nitrogen and oxygen atoms in total. The zero-order valence-corrected chi connectivity index (χ0v) is 10.3. The molecule has 0 heterocycles. The summed E-state index contributed by atoms with van der Waals surface area (Å²) in [6, 6.07) is 7.02. The molecule has 0 amide bonds. The number of aliphatic carboxylic acids is 1. The maximum Gasteiger partial charge on any atom is 0.325 e. The summed E-state index contributed by atoms with van der Waals surface area (Å²) < 4.78 is 4.99. The number of rotatable bonds is 7. The standard InChI is InChI=1S/C13H19NO3/c1-14-12(13(15)16)11-7-5-10(6-8-11)4-3-9-17-2/h5-8,12,14H,3-4,9H2,1-2H3,(H,15,16). The molecule has 94 valence electrons. The predicted octanol–water partition coefficient (Wildman–Crippen LogP) is 1.61. The minimum absolute atomic E-state index is 0.636. The van der Waals surface area contributed by atoms with E-state index in [-0.39, 0.29) is 0 Å². The molecular weight excluding hydrogens is 218 g/mol. The Labute approximate surface area is 102 Å². The third-order valence-corrected chi connectivity index (χ3v) is 2.66. The first kappa shape index (κ1) is 13.7. The zero-order valence-electron chi connectivity index (χ0n) is 10.3. The van der Waals surface area contributed by atoms with Crippen LogP contribution in [0.15, 0.2) is 24.3 Å². The van der Waals surface area contributed by atoms with Crippen molar-refractivity contribution in [1.82, 2.24) is 5.32 Å². The first-order valence-electron chi connectivity index (χ1n) is 5.67. The highest BCUT2D eigenvalue weighted by Crippen LogP contribution is 2.14. The van der Waals surface area contributed by atoms with Gasteiger partial charge in [0.25, 0.3) is 0 Å². The van der Waals surface area contributed by atoms with Gasteiger partial charge in [0.15, 0.2) is 0 Å². The van der Waals surface area contributed by atoms with Crippen molar-refractivity contribution in [2.75, 3.05) is 20.8 Å². The molecule has 0 aliphatic heterocycles. The largest absolute Gasteiger partial charge is 0.480 e. The Kier molecular flexibility index (Phi) is 5.66. The van der Waals surface area contributed by atoms with Crippen LogP contribution in [0.25, 0.3) is 0 Å². The fourth-order valence-corrected chi connectivity index (χ4v) is 1.73. The molecule has 0 radical (unpaired) electrons. The molecule has 0 bridgehead atoms. The molecule has 1 aromatic rings. The number of carboxylic acids is 1. The van der Waals surface area contributed by atoms with E-state index >= 15 is 0 Å². The van der Waals surface area contributed by atoms with E-state index in [1.54, 1.807) is 14.2 Å². The molecule has 1 aromatic carbocycles. The van der Waals surface area contributed by atoms with Crippen LogP contribution in [0.5, 0.6) is 0 Å². The van der Waals surface area contributed by atoms with Crippen LogP contribution in [0.3, 0.4) is 0 Å². The Hall–Kier alpha value is -1.39. The summed E-state index contributed by atoms with van der Waals surface area (Å²) in [6.45, 7) is 0.746. The molecule has 0 spiro atoms. The van der Waals surface area contributed by atoms with Crippen molar-refractivity contribution in [3.8, 4) is 0 Å². The minimum Gasteiger partial charge on any atom is -0.480 e. The van der Waals surface area contributed by atoms with Crippen LogP contribution in [0.4, 0.5) is 0 Å². The van der Waals surface area contributed by atoms with Crippen molar-refractivity contribution in [3.05, 3.63) is 35.4 Å². The first-order valence-corrected chi connectivity index (χ1v) is 5.67. The smallest absolute Gasteiger partial charge is 0.325 e. The highest BCUT2D eigenvalue weighted by Gasteiger charge is 2.16. The zero-order chi connectivity index (χ0) is 12.7. The maximum absolute atomic E-state index is 10.9. The number of ether oxygens (including phenoxy) is 1. The molecule has 0 fully saturated rings. The van der Waals surface area contributed by atoms with Crippen LogP contribution in [0.1, 0.15) is 23.6 Å². The quantitative estimate of drug-likeness (QED) is 0.707. The van der Waals surface area contributed by atoms with Gasteiger partial charge in [-0.2, -0.15) is 0 Å². The van der Waals surface area contributed by atoms with Crippen molar-refractivity contribution in [1.29, 1.82) is 0 Å². The van der Waals surface area contributed by atoms with E-state index in [1.165, 1.54) is 5.56 Å². The lowest BCUT2D eigenvalue weighted by Gasteiger charge is -2.12. The van der Waals surface area contributed by atoms with Gasteiger partial charge in [0.05, 0.1) is 0 Å². The molecular formula is C13H19NO3. The number of carboxylic acid groups (broad SMARTS) is 1. The van der Waals surface area contributed by atoms with Crippen molar-refractivity contribution in [2.24, 2.45) is 0 Å². The van der Waals surface area contributed by atoms with Crippen molar-refractivity contribution < 1.29 is 14.6 Å². The normalized spacial score (nSPS) is 12.4. The topological polar surface area (TPSA) is 58.6 Å². The Morgan fingerprint density at radius 2 is 2.06 bits per heavy atom. The number of benzene rings is 1. The number of aryl methyl sites for hydroxylation is 1. The van der Waals surface area contributed by atoms with Gasteiger partial charge in [-0.15, -0.1) is 0 Å². The molecule has 0 saturated heterocycles.